The topological polar surface area (TPSA) is 41.3 Å². The summed E-state index contributed by atoms with van der Waals surface area (Å²) in [5, 5.41) is 3.45. The van der Waals surface area contributed by atoms with Gasteiger partial charge < -0.3 is 14.6 Å². The van der Waals surface area contributed by atoms with Crippen molar-refractivity contribution in [1.82, 2.24) is 10.3 Å². The first kappa shape index (κ1) is 14.6. The number of hydrogen-bond donors (Lipinski definition) is 1. The van der Waals surface area contributed by atoms with Crippen molar-refractivity contribution < 1.29 is 4.42 Å². The highest BCUT2D eigenvalue weighted by molar-refractivity contribution is 5.53. The smallest absolute Gasteiger partial charge is 0.0952 e. The maximum Gasteiger partial charge on any atom is 0.0952 e. The zero-order valence-corrected chi connectivity index (χ0v) is 12.7. The molecule has 0 aliphatic heterocycles. The average Bonchev–Trinajstić information content (AvgIpc) is 2.89. The molecule has 0 fully saturated rings. The Hall–Kier alpha value is -1.81. The van der Waals surface area contributed by atoms with Crippen LogP contribution < -0.4 is 10.2 Å². The zero-order valence-electron chi connectivity index (χ0n) is 12.7. The van der Waals surface area contributed by atoms with Gasteiger partial charge in [0.25, 0.3) is 0 Å². The van der Waals surface area contributed by atoms with Crippen molar-refractivity contribution in [2.24, 2.45) is 0 Å². The van der Waals surface area contributed by atoms with Gasteiger partial charge in [0.15, 0.2) is 0 Å². The number of aromatic nitrogens is 1. The number of hydrogen-bond acceptors (Lipinski definition) is 4. The fourth-order valence-electron chi connectivity index (χ4n) is 2.12. The second-order valence-electron chi connectivity index (χ2n) is 5.48. The molecule has 0 aromatic carbocycles. The van der Waals surface area contributed by atoms with Crippen LogP contribution in [-0.4, -0.2) is 18.1 Å². The Labute approximate surface area is 120 Å². The molecule has 0 aliphatic rings. The van der Waals surface area contributed by atoms with Crippen LogP contribution in [0.25, 0.3) is 0 Å². The monoisotopic (exact) mass is 273 g/mol. The molecule has 4 nitrogen and oxygen atoms in total. The van der Waals surface area contributed by atoms with E-state index in [2.05, 4.69) is 42.2 Å². The van der Waals surface area contributed by atoms with Crippen LogP contribution in [0, 0.1) is 6.92 Å². The van der Waals surface area contributed by atoms with Crippen molar-refractivity contribution >= 4 is 5.69 Å². The fraction of sp³-hybridized carbons (Fsp3) is 0.438. The minimum absolute atomic E-state index is 0.461. The lowest BCUT2D eigenvalue weighted by Gasteiger charge is -2.23. The predicted molar refractivity (Wildman–Crippen MR) is 81.8 cm³/mol. The largest absolute Gasteiger partial charge is 0.472 e. The molecule has 0 unspecified atom stereocenters. The van der Waals surface area contributed by atoms with E-state index >= 15 is 0 Å². The summed E-state index contributed by atoms with van der Waals surface area (Å²) < 4.78 is 5.13. The molecule has 0 saturated heterocycles. The highest BCUT2D eigenvalue weighted by Crippen LogP contribution is 2.22. The Morgan fingerprint density at radius 1 is 1.40 bits per heavy atom. The molecule has 0 bridgehead atoms. The maximum absolute atomic E-state index is 5.13. The van der Waals surface area contributed by atoms with Gasteiger partial charge in [-0.3, -0.25) is 4.98 Å². The van der Waals surface area contributed by atoms with Crippen LogP contribution in [0.4, 0.5) is 5.69 Å². The summed E-state index contributed by atoms with van der Waals surface area (Å²) in [6, 6.07) is 4.59. The number of rotatable bonds is 6. The van der Waals surface area contributed by atoms with Crippen LogP contribution in [0.1, 0.15) is 30.7 Å². The molecule has 2 aromatic rings. The van der Waals surface area contributed by atoms with Gasteiger partial charge in [-0.25, -0.2) is 0 Å². The molecule has 108 valence electrons. The first-order valence-electron chi connectivity index (χ1n) is 6.97. The third-order valence-corrected chi connectivity index (χ3v) is 3.21. The van der Waals surface area contributed by atoms with E-state index in [1.165, 1.54) is 16.8 Å². The third-order valence-electron chi connectivity index (χ3n) is 3.21. The lowest BCUT2D eigenvalue weighted by Crippen LogP contribution is -2.25. The van der Waals surface area contributed by atoms with Crippen LogP contribution in [0.2, 0.25) is 0 Å². The number of pyridine rings is 1. The molecule has 4 heteroatoms. The SMILES string of the molecule is Cc1cc(N(C)Cc2ccoc2)c(CNC(C)C)cn1. The molecule has 2 heterocycles. The van der Waals surface area contributed by atoms with Gasteiger partial charge in [-0.15, -0.1) is 0 Å². The summed E-state index contributed by atoms with van der Waals surface area (Å²) in [5.74, 6) is 0. The molecule has 2 aromatic heterocycles. The molecular weight excluding hydrogens is 250 g/mol. The van der Waals surface area contributed by atoms with Gasteiger partial charge in [0.1, 0.15) is 0 Å². The summed E-state index contributed by atoms with van der Waals surface area (Å²) in [6.07, 6.45) is 5.46. The molecule has 0 atom stereocenters. The number of furan rings is 1. The second-order valence-corrected chi connectivity index (χ2v) is 5.48. The third kappa shape index (κ3) is 3.84. The van der Waals surface area contributed by atoms with Gasteiger partial charge >= 0.3 is 0 Å². The number of anilines is 1. The molecule has 0 amide bonds. The first-order chi connectivity index (χ1) is 9.56. The lowest BCUT2D eigenvalue weighted by atomic mass is 10.1. The number of aryl methyl sites for hydroxylation is 1. The molecule has 0 radical (unpaired) electrons. The van der Waals surface area contributed by atoms with Gasteiger partial charge in [-0.1, -0.05) is 13.8 Å². The normalized spacial score (nSPS) is 11.1. The van der Waals surface area contributed by atoms with E-state index in [-0.39, 0.29) is 0 Å². The Balaban J connectivity index is 2.17. The standard InChI is InChI=1S/C16H23N3O/c1-12(2)17-8-15-9-18-13(3)7-16(15)19(4)10-14-5-6-20-11-14/h5-7,9,11-12,17H,8,10H2,1-4H3. The van der Waals surface area contributed by atoms with Crippen LogP contribution in [0.5, 0.6) is 0 Å². The zero-order chi connectivity index (χ0) is 14.5. The quantitative estimate of drug-likeness (QED) is 0.878. The summed E-state index contributed by atoms with van der Waals surface area (Å²) in [4.78, 5) is 6.64. The van der Waals surface area contributed by atoms with Gasteiger partial charge in [0.05, 0.1) is 12.5 Å². The predicted octanol–water partition coefficient (Wildman–Crippen LogP) is 3.12. The fourth-order valence-corrected chi connectivity index (χ4v) is 2.12. The minimum atomic E-state index is 0.461. The second kappa shape index (κ2) is 6.57. The number of nitrogens with one attached hydrogen (secondary N) is 1. The van der Waals surface area contributed by atoms with E-state index in [9.17, 15) is 0 Å². The van der Waals surface area contributed by atoms with Crippen LogP contribution in [0.3, 0.4) is 0 Å². The van der Waals surface area contributed by atoms with E-state index < -0.39 is 0 Å². The van der Waals surface area contributed by atoms with Crippen LogP contribution in [0.15, 0.2) is 35.3 Å². The molecule has 2 rings (SSSR count). The van der Waals surface area contributed by atoms with Crippen molar-refractivity contribution in [3.63, 3.8) is 0 Å². The van der Waals surface area contributed by atoms with Crippen LogP contribution in [-0.2, 0) is 13.1 Å². The maximum atomic E-state index is 5.13. The highest BCUT2D eigenvalue weighted by Gasteiger charge is 2.10. The summed E-state index contributed by atoms with van der Waals surface area (Å²) in [6.45, 7) is 7.98. The van der Waals surface area contributed by atoms with E-state index in [0.29, 0.717) is 6.04 Å². The van der Waals surface area contributed by atoms with Crippen molar-refractivity contribution in [2.45, 2.75) is 39.9 Å². The molecule has 20 heavy (non-hydrogen) atoms. The minimum Gasteiger partial charge on any atom is -0.472 e. The Morgan fingerprint density at radius 2 is 2.20 bits per heavy atom. The molecule has 0 aliphatic carbocycles. The van der Waals surface area contributed by atoms with Crippen LogP contribution >= 0.6 is 0 Å². The first-order valence-corrected chi connectivity index (χ1v) is 6.97. The highest BCUT2D eigenvalue weighted by atomic mass is 16.3. The van der Waals surface area contributed by atoms with Crippen molar-refractivity contribution in [3.8, 4) is 0 Å². The molecule has 1 N–H and O–H groups in total. The van der Waals surface area contributed by atoms with E-state index in [1.54, 1.807) is 12.5 Å². The van der Waals surface area contributed by atoms with E-state index in [4.69, 9.17) is 4.42 Å². The molecule has 0 saturated carbocycles. The summed E-state index contributed by atoms with van der Waals surface area (Å²) in [7, 11) is 2.10. The van der Waals surface area contributed by atoms with E-state index in [1.807, 2.05) is 19.2 Å². The van der Waals surface area contributed by atoms with Gasteiger partial charge in [0, 0.05) is 54.9 Å². The van der Waals surface area contributed by atoms with Crippen molar-refractivity contribution in [3.05, 3.63) is 47.7 Å². The van der Waals surface area contributed by atoms with Crippen molar-refractivity contribution in [1.29, 1.82) is 0 Å². The average molecular weight is 273 g/mol. The molecular formula is C16H23N3O. The summed E-state index contributed by atoms with van der Waals surface area (Å²) in [5.41, 5.74) is 4.64. The lowest BCUT2D eigenvalue weighted by molar-refractivity contribution is 0.563. The van der Waals surface area contributed by atoms with Gasteiger partial charge in [-0.2, -0.15) is 0 Å². The van der Waals surface area contributed by atoms with Gasteiger partial charge in [-0.05, 0) is 19.1 Å². The molecule has 0 spiro atoms. The van der Waals surface area contributed by atoms with Crippen molar-refractivity contribution in [2.75, 3.05) is 11.9 Å². The Kier molecular flexibility index (Phi) is 4.79. The Morgan fingerprint density at radius 3 is 2.85 bits per heavy atom. The van der Waals surface area contributed by atoms with Gasteiger partial charge in [0.2, 0.25) is 0 Å². The van der Waals surface area contributed by atoms with E-state index in [0.717, 1.165) is 18.8 Å². The summed E-state index contributed by atoms with van der Waals surface area (Å²) >= 11 is 0. The number of nitrogens with zero attached hydrogens (tertiary/aromatic N) is 2. The Bertz CT molecular complexity index is 535.